The van der Waals surface area contributed by atoms with Crippen molar-refractivity contribution < 1.29 is 9.53 Å². The number of hydrogen-bond donors (Lipinski definition) is 2. The van der Waals surface area contributed by atoms with Gasteiger partial charge in [0, 0.05) is 51.9 Å². The second kappa shape index (κ2) is 7.82. The van der Waals surface area contributed by atoms with E-state index >= 15 is 0 Å². The molecule has 5 heteroatoms. The van der Waals surface area contributed by atoms with Crippen LogP contribution in [0.1, 0.15) is 25.7 Å². The maximum absolute atomic E-state index is 11.9. The predicted molar refractivity (Wildman–Crippen MR) is 75.1 cm³/mol. The Morgan fingerprint density at radius 1 is 1.42 bits per heavy atom. The van der Waals surface area contributed by atoms with Crippen LogP contribution in [0.4, 0.5) is 0 Å². The van der Waals surface area contributed by atoms with Gasteiger partial charge in [0.15, 0.2) is 0 Å². The maximum Gasteiger partial charge on any atom is 0.221 e. The summed E-state index contributed by atoms with van der Waals surface area (Å²) >= 11 is 0. The minimum Gasteiger partial charge on any atom is -0.381 e. The maximum atomic E-state index is 11.9. The van der Waals surface area contributed by atoms with E-state index in [-0.39, 0.29) is 5.91 Å². The molecule has 2 fully saturated rings. The van der Waals surface area contributed by atoms with Crippen LogP contribution >= 0.6 is 0 Å². The fourth-order valence-corrected chi connectivity index (χ4v) is 2.83. The van der Waals surface area contributed by atoms with Gasteiger partial charge in [0.25, 0.3) is 0 Å². The van der Waals surface area contributed by atoms with Crippen molar-refractivity contribution in [3.63, 3.8) is 0 Å². The smallest absolute Gasteiger partial charge is 0.221 e. The van der Waals surface area contributed by atoms with E-state index in [9.17, 15) is 4.79 Å². The van der Waals surface area contributed by atoms with Crippen molar-refractivity contribution in [3.05, 3.63) is 0 Å². The molecule has 2 aliphatic heterocycles. The molecule has 0 radical (unpaired) electrons. The fourth-order valence-electron chi connectivity index (χ4n) is 2.83. The van der Waals surface area contributed by atoms with Crippen LogP contribution in [-0.4, -0.2) is 63.3 Å². The molecule has 19 heavy (non-hydrogen) atoms. The molecule has 2 saturated heterocycles. The summed E-state index contributed by atoms with van der Waals surface area (Å²) in [5, 5.41) is 6.41. The van der Waals surface area contributed by atoms with Gasteiger partial charge in [-0.15, -0.1) is 0 Å². The molecule has 0 aromatic carbocycles. The molecule has 0 aliphatic carbocycles. The number of piperazine rings is 1. The van der Waals surface area contributed by atoms with E-state index < -0.39 is 0 Å². The zero-order valence-electron chi connectivity index (χ0n) is 12.0. The third-order valence-electron chi connectivity index (χ3n) is 4.28. The molecule has 2 aliphatic rings. The zero-order valence-corrected chi connectivity index (χ0v) is 12.0. The first kappa shape index (κ1) is 14.8. The Morgan fingerprint density at radius 3 is 2.95 bits per heavy atom. The highest BCUT2D eigenvalue weighted by atomic mass is 16.5. The second-order valence-corrected chi connectivity index (χ2v) is 5.74. The lowest BCUT2D eigenvalue weighted by Crippen LogP contribution is -2.51. The van der Waals surface area contributed by atoms with E-state index in [1.165, 1.54) is 0 Å². The van der Waals surface area contributed by atoms with E-state index in [1.807, 2.05) is 0 Å². The molecule has 110 valence electrons. The Kier molecular flexibility index (Phi) is 6.07. The van der Waals surface area contributed by atoms with Gasteiger partial charge in [0.2, 0.25) is 5.91 Å². The standard InChI is InChI=1S/C14H27N3O2/c1-17-7-6-15-11-13(17)10-14(18)16-5-2-12-3-8-19-9-4-12/h12-13,15H,2-11H2,1H3,(H,16,18). The number of hydrogen-bond acceptors (Lipinski definition) is 4. The van der Waals surface area contributed by atoms with Crippen LogP contribution < -0.4 is 10.6 Å². The number of likely N-dealkylation sites (N-methyl/N-ethyl adjacent to an activating group) is 1. The monoisotopic (exact) mass is 269 g/mol. The van der Waals surface area contributed by atoms with Crippen LogP contribution in [0.25, 0.3) is 0 Å². The first-order valence-electron chi connectivity index (χ1n) is 7.51. The quantitative estimate of drug-likeness (QED) is 0.749. The van der Waals surface area contributed by atoms with Gasteiger partial charge < -0.3 is 20.3 Å². The van der Waals surface area contributed by atoms with E-state index in [4.69, 9.17) is 4.74 Å². The predicted octanol–water partition coefficient (Wildman–Crippen LogP) is 0.213. The highest BCUT2D eigenvalue weighted by molar-refractivity contribution is 5.76. The van der Waals surface area contributed by atoms with Crippen molar-refractivity contribution in [1.29, 1.82) is 0 Å². The number of ether oxygens (including phenoxy) is 1. The highest BCUT2D eigenvalue weighted by Gasteiger charge is 2.21. The van der Waals surface area contributed by atoms with Gasteiger partial charge >= 0.3 is 0 Å². The summed E-state index contributed by atoms with van der Waals surface area (Å²) in [6.07, 6.45) is 3.99. The molecule has 2 rings (SSSR count). The van der Waals surface area contributed by atoms with Gasteiger partial charge in [-0.1, -0.05) is 0 Å². The average Bonchev–Trinajstić information content (AvgIpc) is 2.43. The Morgan fingerprint density at radius 2 is 2.21 bits per heavy atom. The molecule has 2 heterocycles. The van der Waals surface area contributed by atoms with Gasteiger partial charge in [-0.25, -0.2) is 0 Å². The van der Waals surface area contributed by atoms with Crippen LogP contribution in [-0.2, 0) is 9.53 Å². The summed E-state index contributed by atoms with van der Waals surface area (Å²) in [6.45, 7) is 5.56. The Hall–Kier alpha value is -0.650. The molecule has 0 aromatic heterocycles. The Bertz CT molecular complexity index is 280. The van der Waals surface area contributed by atoms with Crippen LogP contribution in [0.3, 0.4) is 0 Å². The van der Waals surface area contributed by atoms with Gasteiger partial charge in [-0.05, 0) is 32.2 Å². The van der Waals surface area contributed by atoms with Crippen LogP contribution in [0.2, 0.25) is 0 Å². The summed E-state index contributed by atoms with van der Waals surface area (Å²) in [5.74, 6) is 0.917. The number of nitrogens with zero attached hydrogens (tertiary/aromatic N) is 1. The first-order chi connectivity index (χ1) is 9.25. The van der Waals surface area contributed by atoms with Crippen molar-refractivity contribution in [1.82, 2.24) is 15.5 Å². The molecule has 0 bridgehead atoms. The van der Waals surface area contributed by atoms with Gasteiger partial charge in [-0.3, -0.25) is 4.79 Å². The van der Waals surface area contributed by atoms with Crippen LogP contribution in [0, 0.1) is 5.92 Å². The normalized spacial score (nSPS) is 26.3. The second-order valence-electron chi connectivity index (χ2n) is 5.74. The third kappa shape index (κ3) is 5.09. The molecule has 0 saturated carbocycles. The van der Waals surface area contributed by atoms with Crippen LogP contribution in [0.15, 0.2) is 0 Å². The summed E-state index contributed by atoms with van der Waals surface area (Å²) < 4.78 is 5.34. The lowest BCUT2D eigenvalue weighted by Gasteiger charge is -2.32. The van der Waals surface area contributed by atoms with E-state index in [0.717, 1.165) is 64.6 Å². The number of rotatable bonds is 5. The third-order valence-corrected chi connectivity index (χ3v) is 4.28. The van der Waals surface area contributed by atoms with Gasteiger partial charge in [0.1, 0.15) is 0 Å². The fraction of sp³-hybridized carbons (Fsp3) is 0.929. The molecule has 0 spiro atoms. The lowest BCUT2D eigenvalue weighted by molar-refractivity contribution is -0.122. The molecule has 2 N–H and O–H groups in total. The Balaban J connectivity index is 1.58. The Labute approximate surface area is 116 Å². The largest absolute Gasteiger partial charge is 0.381 e. The topological polar surface area (TPSA) is 53.6 Å². The summed E-state index contributed by atoms with van der Waals surface area (Å²) in [7, 11) is 2.10. The van der Waals surface area contributed by atoms with Crippen molar-refractivity contribution in [2.24, 2.45) is 5.92 Å². The highest BCUT2D eigenvalue weighted by Crippen LogP contribution is 2.17. The molecule has 5 nitrogen and oxygen atoms in total. The van der Waals surface area contributed by atoms with Gasteiger partial charge in [0.05, 0.1) is 0 Å². The molecule has 0 aromatic rings. The van der Waals surface area contributed by atoms with Crippen molar-refractivity contribution in [3.8, 4) is 0 Å². The molecule has 1 amide bonds. The number of carbonyl (C=O) groups is 1. The van der Waals surface area contributed by atoms with Crippen molar-refractivity contribution in [2.75, 3.05) is 46.4 Å². The number of amides is 1. The van der Waals surface area contributed by atoms with E-state index in [2.05, 4.69) is 22.6 Å². The lowest BCUT2D eigenvalue weighted by atomic mass is 9.96. The SMILES string of the molecule is CN1CCNCC1CC(=O)NCCC1CCOCC1. The average molecular weight is 269 g/mol. The summed E-state index contributed by atoms with van der Waals surface area (Å²) in [6, 6.07) is 0.344. The molecule has 1 unspecified atom stereocenters. The zero-order chi connectivity index (χ0) is 13.5. The van der Waals surface area contributed by atoms with Crippen LogP contribution in [0.5, 0.6) is 0 Å². The molecule has 1 atom stereocenters. The summed E-state index contributed by atoms with van der Waals surface area (Å²) in [4.78, 5) is 14.2. The molecular weight excluding hydrogens is 242 g/mol. The van der Waals surface area contributed by atoms with Crippen molar-refractivity contribution >= 4 is 5.91 Å². The first-order valence-corrected chi connectivity index (χ1v) is 7.51. The molecular formula is C14H27N3O2. The van der Waals surface area contributed by atoms with E-state index in [0.29, 0.717) is 12.5 Å². The van der Waals surface area contributed by atoms with Gasteiger partial charge in [-0.2, -0.15) is 0 Å². The summed E-state index contributed by atoms with van der Waals surface area (Å²) in [5.41, 5.74) is 0. The number of carbonyl (C=O) groups excluding carboxylic acids is 1. The van der Waals surface area contributed by atoms with E-state index in [1.54, 1.807) is 0 Å². The number of nitrogens with one attached hydrogen (secondary N) is 2. The minimum atomic E-state index is 0.188. The van der Waals surface area contributed by atoms with Crippen molar-refractivity contribution in [2.45, 2.75) is 31.7 Å². The minimum absolute atomic E-state index is 0.188.